The van der Waals surface area contributed by atoms with E-state index in [1.54, 1.807) is 32.5 Å². The number of aliphatic imine (C=N–C) groups is 1. The molecule has 0 bridgehead atoms. The van der Waals surface area contributed by atoms with Crippen LogP contribution in [0.25, 0.3) is 0 Å². The number of methoxy groups -OCH3 is 2. The van der Waals surface area contributed by atoms with E-state index in [-0.39, 0.29) is 5.82 Å². The molecule has 32 heavy (non-hydrogen) atoms. The molecule has 1 atom stereocenters. The molecule has 4 rings (SSSR count). The molecule has 1 aliphatic heterocycles. The van der Waals surface area contributed by atoms with Crippen LogP contribution in [0.4, 0.5) is 10.2 Å². The van der Waals surface area contributed by atoms with Gasteiger partial charge in [0.1, 0.15) is 17.3 Å². The zero-order valence-corrected chi connectivity index (χ0v) is 18.1. The number of pyridine rings is 1. The monoisotopic (exact) mass is 435 g/mol. The number of aromatic nitrogens is 1. The highest BCUT2D eigenvalue weighted by Gasteiger charge is 2.36. The highest BCUT2D eigenvalue weighted by atomic mass is 19.1. The number of nitrogens with one attached hydrogen (secondary N) is 2. The minimum atomic E-state index is -0.953. The van der Waals surface area contributed by atoms with Gasteiger partial charge in [-0.3, -0.25) is 4.99 Å². The SMILES string of the molecule is COc1ccc(CC2(N)NC(=NCCc3ccccc3F)Nc3ncccc32)cc1OC. The van der Waals surface area contributed by atoms with Crippen LogP contribution >= 0.6 is 0 Å². The predicted molar refractivity (Wildman–Crippen MR) is 123 cm³/mol. The van der Waals surface area contributed by atoms with E-state index in [9.17, 15) is 4.39 Å². The van der Waals surface area contributed by atoms with Crippen molar-refractivity contribution in [2.75, 3.05) is 26.1 Å². The first-order valence-corrected chi connectivity index (χ1v) is 10.3. The molecule has 3 aromatic rings. The molecule has 4 N–H and O–H groups in total. The van der Waals surface area contributed by atoms with Crippen LogP contribution in [0.1, 0.15) is 16.7 Å². The zero-order valence-electron chi connectivity index (χ0n) is 18.1. The number of guanidine groups is 1. The van der Waals surface area contributed by atoms with Gasteiger partial charge in [-0.25, -0.2) is 9.37 Å². The number of benzene rings is 2. The summed E-state index contributed by atoms with van der Waals surface area (Å²) < 4.78 is 24.7. The lowest BCUT2D eigenvalue weighted by molar-refractivity contribution is 0.352. The molecule has 1 aromatic heterocycles. The molecule has 2 heterocycles. The lowest BCUT2D eigenvalue weighted by atomic mass is 9.91. The van der Waals surface area contributed by atoms with E-state index in [2.05, 4.69) is 20.6 Å². The van der Waals surface area contributed by atoms with Crippen LogP contribution in [0, 0.1) is 5.82 Å². The summed E-state index contributed by atoms with van der Waals surface area (Å²) in [6, 6.07) is 16.2. The highest BCUT2D eigenvalue weighted by Crippen LogP contribution is 2.33. The third kappa shape index (κ3) is 4.50. The van der Waals surface area contributed by atoms with E-state index >= 15 is 0 Å². The van der Waals surface area contributed by atoms with Crippen molar-refractivity contribution in [3.63, 3.8) is 0 Å². The Labute approximate surface area is 186 Å². The number of ether oxygens (including phenoxy) is 2. The van der Waals surface area contributed by atoms with Gasteiger partial charge in [0.2, 0.25) is 0 Å². The Morgan fingerprint density at radius 1 is 1.06 bits per heavy atom. The Kier molecular flexibility index (Phi) is 6.23. The first-order valence-electron chi connectivity index (χ1n) is 10.3. The average Bonchev–Trinajstić information content (AvgIpc) is 2.80. The maximum absolute atomic E-state index is 13.9. The van der Waals surface area contributed by atoms with Gasteiger partial charge in [-0.1, -0.05) is 30.3 Å². The minimum Gasteiger partial charge on any atom is -0.493 e. The normalized spacial score (nSPS) is 18.4. The van der Waals surface area contributed by atoms with Gasteiger partial charge >= 0.3 is 0 Å². The summed E-state index contributed by atoms with van der Waals surface area (Å²) in [5.41, 5.74) is 8.31. The van der Waals surface area contributed by atoms with Crippen LogP contribution in [-0.2, 0) is 18.5 Å². The van der Waals surface area contributed by atoms with Gasteiger partial charge in [0, 0.05) is 24.7 Å². The van der Waals surface area contributed by atoms with Crippen molar-refractivity contribution in [1.82, 2.24) is 10.3 Å². The van der Waals surface area contributed by atoms with Gasteiger partial charge in [0.15, 0.2) is 17.5 Å². The minimum absolute atomic E-state index is 0.231. The number of fused-ring (bicyclic) bond motifs is 1. The summed E-state index contributed by atoms with van der Waals surface area (Å²) in [6.45, 7) is 0.394. The van der Waals surface area contributed by atoms with E-state index < -0.39 is 5.66 Å². The van der Waals surface area contributed by atoms with Crippen molar-refractivity contribution in [2.24, 2.45) is 10.7 Å². The fourth-order valence-corrected chi connectivity index (χ4v) is 3.81. The van der Waals surface area contributed by atoms with Crippen molar-refractivity contribution < 1.29 is 13.9 Å². The molecular weight excluding hydrogens is 409 g/mol. The quantitative estimate of drug-likeness (QED) is 0.528. The van der Waals surface area contributed by atoms with Gasteiger partial charge in [-0.15, -0.1) is 0 Å². The second kappa shape index (κ2) is 9.23. The van der Waals surface area contributed by atoms with Crippen molar-refractivity contribution in [2.45, 2.75) is 18.5 Å². The number of hydrogen-bond donors (Lipinski definition) is 3. The first-order chi connectivity index (χ1) is 15.5. The Bertz CT molecular complexity index is 1140. The van der Waals surface area contributed by atoms with Crippen LogP contribution in [0.2, 0.25) is 0 Å². The van der Waals surface area contributed by atoms with Crippen LogP contribution in [0.3, 0.4) is 0 Å². The molecule has 0 aliphatic carbocycles. The van der Waals surface area contributed by atoms with E-state index in [1.165, 1.54) is 6.07 Å². The topological polar surface area (TPSA) is 93.8 Å². The second-order valence-corrected chi connectivity index (χ2v) is 7.56. The summed E-state index contributed by atoms with van der Waals surface area (Å²) >= 11 is 0. The molecule has 0 radical (unpaired) electrons. The zero-order chi connectivity index (χ0) is 22.6. The van der Waals surface area contributed by atoms with Crippen LogP contribution < -0.4 is 25.8 Å². The molecular formula is C24H26FN5O2. The molecule has 0 saturated heterocycles. The summed E-state index contributed by atoms with van der Waals surface area (Å²) in [4.78, 5) is 9.01. The standard InChI is InChI=1S/C24H26FN5O2/c1-31-20-10-9-16(14-21(20)32-2)15-24(26)18-7-5-12-27-22(18)29-23(30-24)28-13-11-17-6-3-4-8-19(17)25/h3-10,12,14H,11,13,15,26H2,1-2H3,(H2,27,28,29,30). The van der Waals surface area contributed by atoms with E-state index in [4.69, 9.17) is 15.2 Å². The van der Waals surface area contributed by atoms with Crippen molar-refractivity contribution in [3.05, 3.63) is 83.3 Å². The molecule has 166 valence electrons. The van der Waals surface area contributed by atoms with Gasteiger partial charge in [-0.2, -0.15) is 0 Å². The van der Waals surface area contributed by atoms with E-state index in [0.29, 0.717) is 48.2 Å². The highest BCUT2D eigenvalue weighted by molar-refractivity contribution is 5.96. The summed E-state index contributed by atoms with van der Waals surface area (Å²) in [5, 5.41) is 6.50. The average molecular weight is 436 g/mol. The number of rotatable bonds is 7. The molecule has 0 spiro atoms. The molecule has 7 nitrogen and oxygen atoms in total. The number of halogens is 1. The Balaban J connectivity index is 1.58. The first kappa shape index (κ1) is 21.6. The van der Waals surface area contributed by atoms with Gasteiger partial charge in [0.25, 0.3) is 0 Å². The predicted octanol–water partition coefficient (Wildman–Crippen LogP) is 3.21. The molecule has 0 amide bonds. The van der Waals surface area contributed by atoms with Gasteiger partial charge in [0.05, 0.1) is 14.2 Å². The van der Waals surface area contributed by atoms with Crippen molar-refractivity contribution in [3.8, 4) is 11.5 Å². The van der Waals surface area contributed by atoms with Gasteiger partial charge in [-0.05, 0) is 41.8 Å². The van der Waals surface area contributed by atoms with Crippen molar-refractivity contribution >= 4 is 11.8 Å². The molecule has 0 fully saturated rings. The number of nitrogens with two attached hydrogens (primary N) is 1. The van der Waals surface area contributed by atoms with Crippen LogP contribution in [0.15, 0.2) is 65.8 Å². The molecule has 1 unspecified atom stereocenters. The Hall–Kier alpha value is -3.65. The van der Waals surface area contributed by atoms with E-state index in [1.807, 2.05) is 36.4 Å². The Morgan fingerprint density at radius 2 is 1.88 bits per heavy atom. The maximum atomic E-state index is 13.9. The molecule has 0 saturated carbocycles. The fraction of sp³-hybridized carbons (Fsp3) is 0.250. The number of hydrogen-bond acceptors (Lipinski definition) is 5. The lowest BCUT2D eigenvalue weighted by Crippen LogP contribution is -2.59. The lowest BCUT2D eigenvalue weighted by Gasteiger charge is -2.38. The maximum Gasteiger partial charge on any atom is 0.198 e. The molecule has 2 aromatic carbocycles. The third-order valence-electron chi connectivity index (χ3n) is 5.41. The smallest absolute Gasteiger partial charge is 0.198 e. The fourth-order valence-electron chi connectivity index (χ4n) is 3.81. The number of anilines is 1. The molecule has 1 aliphatic rings. The summed E-state index contributed by atoms with van der Waals surface area (Å²) in [5.74, 6) is 2.19. The second-order valence-electron chi connectivity index (χ2n) is 7.56. The van der Waals surface area contributed by atoms with Crippen LogP contribution in [-0.4, -0.2) is 31.7 Å². The molecule has 8 heteroatoms. The summed E-state index contributed by atoms with van der Waals surface area (Å²) in [6.07, 6.45) is 2.63. The van der Waals surface area contributed by atoms with Crippen molar-refractivity contribution in [1.29, 1.82) is 0 Å². The number of nitrogens with zero attached hydrogens (tertiary/aromatic N) is 2. The summed E-state index contributed by atoms with van der Waals surface area (Å²) in [7, 11) is 3.20. The largest absolute Gasteiger partial charge is 0.493 e. The van der Waals surface area contributed by atoms with Crippen LogP contribution in [0.5, 0.6) is 11.5 Å². The Morgan fingerprint density at radius 3 is 2.66 bits per heavy atom. The van der Waals surface area contributed by atoms with E-state index in [0.717, 1.165) is 11.1 Å². The third-order valence-corrected chi connectivity index (χ3v) is 5.41. The van der Waals surface area contributed by atoms with Gasteiger partial charge < -0.3 is 25.8 Å².